The first-order valence-electron chi connectivity index (χ1n) is 6.90. The van der Waals surface area contributed by atoms with Crippen molar-refractivity contribution in [2.24, 2.45) is 0 Å². The zero-order valence-electron chi connectivity index (χ0n) is 11.7. The monoisotopic (exact) mass is 288 g/mol. The quantitative estimate of drug-likeness (QED) is 0.853. The number of hydrogen-bond donors (Lipinski definition) is 1. The molecule has 110 valence electrons. The number of fused-ring (bicyclic) bond motifs is 1. The van der Waals surface area contributed by atoms with Crippen LogP contribution in [-0.4, -0.2) is 33.7 Å². The Morgan fingerprint density at radius 3 is 2.81 bits per heavy atom. The molecule has 1 fully saturated rings. The standard InChI is InChI=1S/C15H16N2O4/c1-21-13(18)6-7-17-12-5-4-10(15(19)20)8-11(12)16-14(17)9-2-3-9/h4-5,8-9H,2-3,6-7H2,1H3,(H,19,20). The van der Waals surface area contributed by atoms with Crippen LogP contribution in [-0.2, 0) is 16.1 Å². The van der Waals surface area contributed by atoms with Gasteiger partial charge in [-0.1, -0.05) is 0 Å². The minimum Gasteiger partial charge on any atom is -0.478 e. The number of imidazole rings is 1. The highest BCUT2D eigenvalue weighted by Gasteiger charge is 2.29. The molecule has 0 atom stereocenters. The number of aromatic nitrogens is 2. The highest BCUT2D eigenvalue weighted by molar-refractivity contribution is 5.92. The van der Waals surface area contributed by atoms with E-state index in [0.29, 0.717) is 18.0 Å². The SMILES string of the molecule is COC(=O)CCn1c(C2CC2)nc2cc(C(=O)O)ccc21. The maximum atomic E-state index is 11.3. The summed E-state index contributed by atoms with van der Waals surface area (Å²) in [6, 6.07) is 4.91. The van der Waals surface area contributed by atoms with Crippen molar-refractivity contribution in [3.8, 4) is 0 Å². The van der Waals surface area contributed by atoms with Gasteiger partial charge in [-0.15, -0.1) is 0 Å². The van der Waals surface area contributed by atoms with Crippen molar-refractivity contribution in [1.29, 1.82) is 0 Å². The second-order valence-corrected chi connectivity index (χ2v) is 5.23. The third-order valence-corrected chi connectivity index (χ3v) is 3.73. The summed E-state index contributed by atoms with van der Waals surface area (Å²) in [5.74, 6) is 0.134. The third-order valence-electron chi connectivity index (χ3n) is 3.73. The number of ether oxygens (including phenoxy) is 1. The van der Waals surface area contributed by atoms with Crippen LogP contribution in [0.3, 0.4) is 0 Å². The summed E-state index contributed by atoms with van der Waals surface area (Å²) in [5.41, 5.74) is 1.76. The third kappa shape index (κ3) is 2.61. The Labute approximate surface area is 121 Å². The van der Waals surface area contributed by atoms with E-state index in [1.807, 2.05) is 4.57 Å². The normalized spacial score (nSPS) is 14.3. The van der Waals surface area contributed by atoms with Gasteiger partial charge in [0.2, 0.25) is 0 Å². The Hall–Kier alpha value is -2.37. The van der Waals surface area contributed by atoms with E-state index in [2.05, 4.69) is 9.72 Å². The summed E-state index contributed by atoms with van der Waals surface area (Å²) >= 11 is 0. The highest BCUT2D eigenvalue weighted by Crippen LogP contribution is 2.40. The van der Waals surface area contributed by atoms with Crippen LogP contribution in [0.1, 0.15) is 41.4 Å². The molecule has 0 aliphatic heterocycles. The summed E-state index contributed by atoms with van der Waals surface area (Å²) in [7, 11) is 1.37. The molecular weight excluding hydrogens is 272 g/mol. The van der Waals surface area contributed by atoms with Gasteiger partial charge in [-0.3, -0.25) is 4.79 Å². The number of carboxylic acids is 1. The molecule has 0 radical (unpaired) electrons. The van der Waals surface area contributed by atoms with Gasteiger partial charge in [0, 0.05) is 12.5 Å². The van der Waals surface area contributed by atoms with E-state index in [9.17, 15) is 9.59 Å². The maximum absolute atomic E-state index is 11.3. The fourth-order valence-corrected chi connectivity index (χ4v) is 2.47. The number of hydrogen-bond acceptors (Lipinski definition) is 4. The predicted molar refractivity (Wildman–Crippen MR) is 75.3 cm³/mol. The number of carbonyl (C=O) groups excluding carboxylic acids is 1. The average molecular weight is 288 g/mol. The molecule has 3 rings (SSSR count). The minimum atomic E-state index is -0.964. The van der Waals surface area contributed by atoms with Crippen LogP contribution < -0.4 is 0 Å². The van der Waals surface area contributed by atoms with Crippen LogP contribution in [0.25, 0.3) is 11.0 Å². The lowest BCUT2D eigenvalue weighted by molar-refractivity contribution is -0.140. The number of nitrogens with zero attached hydrogens (tertiary/aromatic N) is 2. The van der Waals surface area contributed by atoms with Gasteiger partial charge in [-0.05, 0) is 31.0 Å². The smallest absolute Gasteiger partial charge is 0.335 e. The summed E-state index contributed by atoms with van der Waals surface area (Å²) in [6.07, 6.45) is 2.46. The number of methoxy groups -OCH3 is 1. The molecule has 6 nitrogen and oxygen atoms in total. The molecule has 2 aromatic rings. The Kier molecular flexibility index (Phi) is 3.37. The van der Waals surface area contributed by atoms with Crippen LogP contribution in [0.2, 0.25) is 0 Å². The number of aromatic carboxylic acids is 1. The van der Waals surface area contributed by atoms with E-state index in [-0.39, 0.29) is 18.0 Å². The van der Waals surface area contributed by atoms with Gasteiger partial charge in [0.1, 0.15) is 5.82 Å². The van der Waals surface area contributed by atoms with Crippen LogP contribution in [0.4, 0.5) is 0 Å². The molecule has 1 saturated carbocycles. The van der Waals surface area contributed by atoms with Crippen LogP contribution in [0.5, 0.6) is 0 Å². The van der Waals surface area contributed by atoms with Crippen LogP contribution in [0, 0.1) is 0 Å². The lowest BCUT2D eigenvalue weighted by atomic mass is 10.2. The molecule has 0 saturated heterocycles. The number of carbonyl (C=O) groups is 2. The van der Waals surface area contributed by atoms with Crippen molar-refractivity contribution >= 4 is 23.0 Å². The van der Waals surface area contributed by atoms with Crippen molar-refractivity contribution in [1.82, 2.24) is 9.55 Å². The molecule has 1 aromatic heterocycles. The first-order valence-corrected chi connectivity index (χ1v) is 6.90. The average Bonchev–Trinajstić information content (AvgIpc) is 3.26. The minimum absolute atomic E-state index is 0.225. The summed E-state index contributed by atoms with van der Waals surface area (Å²) in [4.78, 5) is 27.0. The highest BCUT2D eigenvalue weighted by atomic mass is 16.5. The molecular formula is C15H16N2O4. The van der Waals surface area contributed by atoms with E-state index < -0.39 is 5.97 Å². The lowest BCUT2D eigenvalue weighted by Gasteiger charge is -2.07. The van der Waals surface area contributed by atoms with Gasteiger partial charge in [-0.25, -0.2) is 9.78 Å². The van der Waals surface area contributed by atoms with Crippen LogP contribution in [0.15, 0.2) is 18.2 Å². The molecule has 1 aromatic carbocycles. The molecule has 0 amide bonds. The second-order valence-electron chi connectivity index (χ2n) is 5.23. The van der Waals surface area contributed by atoms with Gasteiger partial charge in [0.15, 0.2) is 0 Å². The zero-order valence-corrected chi connectivity index (χ0v) is 11.7. The first kappa shape index (κ1) is 13.6. The molecule has 6 heteroatoms. The van der Waals surface area contributed by atoms with Crippen molar-refractivity contribution in [2.75, 3.05) is 7.11 Å². The zero-order chi connectivity index (χ0) is 15.0. The molecule has 21 heavy (non-hydrogen) atoms. The number of esters is 1. The predicted octanol–water partition coefficient (Wildman–Crippen LogP) is 2.17. The van der Waals surface area contributed by atoms with Gasteiger partial charge in [-0.2, -0.15) is 0 Å². The van der Waals surface area contributed by atoms with Gasteiger partial charge in [0.05, 0.1) is 30.1 Å². The molecule has 0 spiro atoms. The summed E-state index contributed by atoms with van der Waals surface area (Å²) < 4.78 is 6.69. The molecule has 1 aliphatic carbocycles. The Morgan fingerprint density at radius 2 is 2.19 bits per heavy atom. The molecule has 0 bridgehead atoms. The van der Waals surface area contributed by atoms with Gasteiger partial charge < -0.3 is 14.4 Å². The maximum Gasteiger partial charge on any atom is 0.335 e. The Balaban J connectivity index is 2.01. The fraction of sp³-hybridized carbons (Fsp3) is 0.400. The first-order chi connectivity index (χ1) is 10.1. The number of carboxylic acid groups (broad SMARTS) is 1. The largest absolute Gasteiger partial charge is 0.478 e. The van der Waals surface area contributed by atoms with E-state index in [4.69, 9.17) is 5.11 Å². The van der Waals surface area contributed by atoms with Crippen molar-refractivity contribution in [3.63, 3.8) is 0 Å². The Morgan fingerprint density at radius 1 is 1.43 bits per heavy atom. The Bertz CT molecular complexity index is 716. The van der Waals surface area contributed by atoms with E-state index >= 15 is 0 Å². The van der Waals surface area contributed by atoms with Crippen molar-refractivity contribution in [2.45, 2.75) is 31.7 Å². The molecule has 1 heterocycles. The second kappa shape index (κ2) is 5.20. The van der Waals surface area contributed by atoms with E-state index in [0.717, 1.165) is 24.2 Å². The molecule has 1 aliphatic rings. The number of benzene rings is 1. The molecule has 0 unspecified atom stereocenters. The lowest BCUT2D eigenvalue weighted by Crippen LogP contribution is -2.09. The number of aryl methyl sites for hydroxylation is 1. The van der Waals surface area contributed by atoms with Gasteiger partial charge >= 0.3 is 11.9 Å². The van der Waals surface area contributed by atoms with Gasteiger partial charge in [0.25, 0.3) is 0 Å². The fourth-order valence-electron chi connectivity index (χ4n) is 2.47. The summed E-state index contributed by atoms with van der Waals surface area (Å²) in [6.45, 7) is 0.501. The summed E-state index contributed by atoms with van der Waals surface area (Å²) in [5, 5.41) is 9.05. The number of rotatable bonds is 5. The topological polar surface area (TPSA) is 81.4 Å². The van der Waals surface area contributed by atoms with E-state index in [1.54, 1.807) is 18.2 Å². The van der Waals surface area contributed by atoms with E-state index in [1.165, 1.54) is 7.11 Å². The van der Waals surface area contributed by atoms with Crippen LogP contribution >= 0.6 is 0 Å². The van der Waals surface area contributed by atoms with Crippen molar-refractivity contribution < 1.29 is 19.4 Å². The van der Waals surface area contributed by atoms with Crippen molar-refractivity contribution in [3.05, 3.63) is 29.6 Å². The molecule has 1 N–H and O–H groups in total.